The fourth-order valence-electron chi connectivity index (χ4n) is 1.96. The van der Waals surface area contributed by atoms with Crippen molar-refractivity contribution in [2.75, 3.05) is 19.6 Å². The highest BCUT2D eigenvalue weighted by Gasteiger charge is 2.36. The smallest absolute Gasteiger partial charge is 0.410 e. The average Bonchev–Trinajstić information content (AvgIpc) is 2.59. The zero-order chi connectivity index (χ0) is 14.0. The molecule has 2 N–H and O–H groups in total. The molecule has 1 atom stereocenters. The zero-order valence-corrected chi connectivity index (χ0v) is 12.1. The molecular weight excluding hydrogens is 232 g/mol. The molecule has 1 aliphatic heterocycles. The molecule has 0 aromatic carbocycles. The van der Waals surface area contributed by atoms with E-state index < -0.39 is 11.2 Å². The molecule has 18 heavy (non-hydrogen) atoms. The Morgan fingerprint density at radius 2 is 2.11 bits per heavy atom. The largest absolute Gasteiger partial charge is 0.444 e. The molecule has 1 amide bonds. The lowest BCUT2D eigenvalue weighted by Gasteiger charge is -2.35. The van der Waals surface area contributed by atoms with Crippen LogP contribution >= 0.6 is 0 Å². The van der Waals surface area contributed by atoms with Crippen LogP contribution in [0.25, 0.3) is 0 Å². The Bertz CT molecular complexity index is 291. The first-order valence-electron chi connectivity index (χ1n) is 6.56. The molecule has 1 rings (SSSR count). The molecule has 0 spiro atoms. The summed E-state index contributed by atoms with van der Waals surface area (Å²) in [7, 11) is 0. The maximum Gasteiger partial charge on any atom is 0.410 e. The third kappa shape index (κ3) is 4.46. The van der Waals surface area contributed by atoms with E-state index in [1.807, 2.05) is 34.6 Å². The maximum absolute atomic E-state index is 12.1. The Balaban J connectivity index is 2.68. The van der Waals surface area contributed by atoms with Gasteiger partial charge >= 0.3 is 6.09 Å². The fourth-order valence-corrected chi connectivity index (χ4v) is 1.96. The number of ether oxygens (including phenoxy) is 1. The Labute approximate surface area is 109 Å². The summed E-state index contributed by atoms with van der Waals surface area (Å²) in [6.45, 7) is 11.0. The predicted octanol–water partition coefficient (Wildman–Crippen LogP) is 1.36. The molecule has 1 saturated heterocycles. The van der Waals surface area contributed by atoms with Crippen molar-refractivity contribution in [2.45, 2.75) is 58.3 Å². The minimum absolute atomic E-state index is 0.00414. The molecule has 0 aromatic heterocycles. The van der Waals surface area contributed by atoms with Crippen molar-refractivity contribution in [1.29, 1.82) is 0 Å². The number of nitrogens with zero attached hydrogens (tertiary/aromatic N) is 1. The normalized spacial score (nSPS) is 24.4. The summed E-state index contributed by atoms with van der Waals surface area (Å²) in [6.07, 6.45) is 0.303. The number of nitrogens with one attached hydrogen (secondary N) is 1. The van der Waals surface area contributed by atoms with E-state index in [9.17, 15) is 9.90 Å². The van der Waals surface area contributed by atoms with E-state index in [0.717, 1.165) is 6.54 Å². The van der Waals surface area contributed by atoms with Crippen LogP contribution in [0.3, 0.4) is 0 Å². The summed E-state index contributed by atoms with van der Waals surface area (Å²) in [5.74, 6) is 0. The molecule has 0 aromatic rings. The van der Waals surface area contributed by atoms with Gasteiger partial charge in [0.25, 0.3) is 0 Å². The van der Waals surface area contributed by atoms with Gasteiger partial charge in [-0.25, -0.2) is 4.79 Å². The summed E-state index contributed by atoms with van der Waals surface area (Å²) in [5.41, 5.74) is -1.35. The number of amides is 1. The van der Waals surface area contributed by atoms with Crippen LogP contribution in [0.4, 0.5) is 4.79 Å². The van der Waals surface area contributed by atoms with E-state index in [4.69, 9.17) is 4.74 Å². The van der Waals surface area contributed by atoms with Crippen LogP contribution in [0, 0.1) is 0 Å². The van der Waals surface area contributed by atoms with Gasteiger partial charge in [-0.3, -0.25) is 0 Å². The van der Waals surface area contributed by atoms with Gasteiger partial charge < -0.3 is 20.1 Å². The summed E-state index contributed by atoms with van der Waals surface area (Å²) < 4.78 is 5.37. The number of hydrogen-bond acceptors (Lipinski definition) is 4. The van der Waals surface area contributed by atoms with Crippen molar-refractivity contribution in [3.63, 3.8) is 0 Å². The lowest BCUT2D eigenvalue weighted by molar-refractivity contribution is -0.0171. The van der Waals surface area contributed by atoms with Crippen LogP contribution in [-0.2, 0) is 4.74 Å². The second-order valence-electron chi connectivity index (χ2n) is 6.35. The number of aliphatic hydroxyl groups is 1. The second-order valence-corrected chi connectivity index (χ2v) is 6.35. The van der Waals surface area contributed by atoms with Gasteiger partial charge in [-0.2, -0.15) is 0 Å². The van der Waals surface area contributed by atoms with E-state index in [1.165, 1.54) is 0 Å². The van der Waals surface area contributed by atoms with Crippen LogP contribution < -0.4 is 5.32 Å². The maximum atomic E-state index is 12.1. The Kier molecular flexibility index (Phi) is 4.61. The fraction of sp³-hybridized carbons (Fsp3) is 0.923. The second kappa shape index (κ2) is 5.45. The number of carbonyl (C=O) groups is 1. The van der Waals surface area contributed by atoms with E-state index in [2.05, 4.69) is 5.32 Å². The number of hydrogen-bond donors (Lipinski definition) is 2. The lowest BCUT2D eigenvalue weighted by atomic mass is 10.0. The van der Waals surface area contributed by atoms with Crippen LogP contribution in [-0.4, -0.2) is 53.0 Å². The Morgan fingerprint density at radius 1 is 1.50 bits per heavy atom. The van der Waals surface area contributed by atoms with Gasteiger partial charge in [-0.1, -0.05) is 0 Å². The Hall–Kier alpha value is -0.810. The van der Waals surface area contributed by atoms with Crippen LogP contribution in [0.1, 0.15) is 41.0 Å². The third-order valence-corrected chi connectivity index (χ3v) is 2.94. The zero-order valence-electron chi connectivity index (χ0n) is 12.1. The van der Waals surface area contributed by atoms with Gasteiger partial charge in [-0.15, -0.1) is 0 Å². The van der Waals surface area contributed by atoms with Crippen LogP contribution in [0.2, 0.25) is 0 Å². The molecular formula is C13H26N2O3. The van der Waals surface area contributed by atoms with Gasteiger partial charge in [0.05, 0.1) is 12.1 Å². The molecule has 0 bridgehead atoms. The first-order valence-corrected chi connectivity index (χ1v) is 6.56. The molecule has 1 unspecified atom stereocenters. The summed E-state index contributed by atoms with van der Waals surface area (Å²) >= 11 is 0. The minimum atomic E-state index is -0.832. The molecule has 0 saturated carbocycles. The summed E-state index contributed by atoms with van der Waals surface area (Å²) in [4.78, 5) is 13.7. The molecule has 5 nitrogen and oxygen atoms in total. The van der Waals surface area contributed by atoms with Crippen molar-refractivity contribution in [1.82, 2.24) is 10.2 Å². The van der Waals surface area contributed by atoms with Crippen LogP contribution in [0.5, 0.6) is 0 Å². The highest BCUT2D eigenvalue weighted by molar-refractivity contribution is 5.68. The van der Waals surface area contributed by atoms with Crippen molar-refractivity contribution in [3.05, 3.63) is 0 Å². The van der Waals surface area contributed by atoms with Crippen molar-refractivity contribution in [2.24, 2.45) is 0 Å². The standard InChI is InChI=1S/C13H26N2O3/c1-10(2)15(11(16)18-12(3,4)5)9-13(17)6-7-14-8-13/h10,14,17H,6-9H2,1-5H3. The van der Waals surface area contributed by atoms with E-state index >= 15 is 0 Å². The number of rotatable bonds is 3. The molecule has 1 aliphatic rings. The highest BCUT2D eigenvalue weighted by atomic mass is 16.6. The summed E-state index contributed by atoms with van der Waals surface area (Å²) in [6, 6.07) is 0.00414. The van der Waals surface area contributed by atoms with Crippen molar-refractivity contribution in [3.8, 4) is 0 Å². The van der Waals surface area contributed by atoms with E-state index in [1.54, 1.807) is 4.90 Å². The topological polar surface area (TPSA) is 61.8 Å². The summed E-state index contributed by atoms with van der Waals surface area (Å²) in [5, 5.41) is 13.5. The predicted molar refractivity (Wildman–Crippen MR) is 70.5 cm³/mol. The Morgan fingerprint density at radius 3 is 2.50 bits per heavy atom. The lowest BCUT2D eigenvalue weighted by Crippen LogP contribution is -2.51. The quantitative estimate of drug-likeness (QED) is 0.802. The van der Waals surface area contributed by atoms with Crippen LogP contribution in [0.15, 0.2) is 0 Å². The molecule has 106 valence electrons. The monoisotopic (exact) mass is 258 g/mol. The molecule has 1 heterocycles. The van der Waals surface area contributed by atoms with Crippen molar-refractivity contribution < 1.29 is 14.6 Å². The third-order valence-electron chi connectivity index (χ3n) is 2.94. The van der Waals surface area contributed by atoms with E-state index in [0.29, 0.717) is 19.5 Å². The number of carbonyl (C=O) groups excluding carboxylic acids is 1. The molecule has 5 heteroatoms. The first-order chi connectivity index (χ1) is 8.13. The van der Waals surface area contributed by atoms with Gasteiger partial charge in [0, 0.05) is 12.6 Å². The van der Waals surface area contributed by atoms with Gasteiger partial charge in [0.2, 0.25) is 0 Å². The molecule has 1 fully saturated rings. The molecule has 0 radical (unpaired) electrons. The molecule has 0 aliphatic carbocycles. The average molecular weight is 258 g/mol. The number of β-amino-alcohol motifs (C(OH)–C–C–N with tert-alkyl or cyclic N) is 1. The highest BCUT2D eigenvalue weighted by Crippen LogP contribution is 2.19. The van der Waals surface area contributed by atoms with Gasteiger partial charge in [0.1, 0.15) is 5.60 Å². The van der Waals surface area contributed by atoms with Crippen molar-refractivity contribution >= 4 is 6.09 Å². The SMILES string of the molecule is CC(C)N(CC1(O)CCNC1)C(=O)OC(C)(C)C. The first kappa shape index (κ1) is 15.2. The minimum Gasteiger partial charge on any atom is -0.444 e. The van der Waals surface area contributed by atoms with Gasteiger partial charge in [-0.05, 0) is 47.6 Å². The van der Waals surface area contributed by atoms with E-state index in [-0.39, 0.29) is 12.1 Å². The van der Waals surface area contributed by atoms with Gasteiger partial charge in [0.15, 0.2) is 0 Å².